The first kappa shape index (κ1) is 24.1. The van der Waals surface area contributed by atoms with E-state index in [0.29, 0.717) is 23.1 Å². The minimum absolute atomic E-state index is 0.0224. The first-order chi connectivity index (χ1) is 14.9. The summed E-state index contributed by atoms with van der Waals surface area (Å²) in [6.45, 7) is 1.87. The second-order valence-corrected chi connectivity index (χ2v) is 9.95. The SMILES string of the molecule is CC(=O)N1CCc2cc(Br)c(S(=O)(=O)CCC(=O)Nc3ccc(OC(F)(F)F)cc3)cc21. The molecule has 0 aromatic heterocycles. The molecule has 0 saturated carbocycles. The van der Waals surface area contributed by atoms with Crippen LogP contribution in [0.25, 0.3) is 0 Å². The number of nitrogens with one attached hydrogen (secondary N) is 1. The van der Waals surface area contributed by atoms with E-state index in [4.69, 9.17) is 0 Å². The van der Waals surface area contributed by atoms with E-state index in [9.17, 15) is 31.2 Å². The third kappa shape index (κ3) is 5.80. The molecule has 7 nitrogen and oxygen atoms in total. The molecule has 3 rings (SSSR count). The van der Waals surface area contributed by atoms with Crippen molar-refractivity contribution in [1.29, 1.82) is 0 Å². The van der Waals surface area contributed by atoms with Crippen LogP contribution >= 0.6 is 15.9 Å². The zero-order chi connectivity index (χ0) is 23.7. The highest BCUT2D eigenvalue weighted by Gasteiger charge is 2.31. The number of hydrogen-bond acceptors (Lipinski definition) is 5. The monoisotopic (exact) mass is 534 g/mol. The van der Waals surface area contributed by atoms with Gasteiger partial charge in [-0.1, -0.05) is 0 Å². The molecular formula is C20H18BrF3N2O5S. The number of hydrogen-bond donors (Lipinski definition) is 1. The molecule has 1 heterocycles. The Bertz CT molecular complexity index is 1150. The minimum Gasteiger partial charge on any atom is -0.406 e. The van der Waals surface area contributed by atoms with Gasteiger partial charge in [-0.05, 0) is 64.3 Å². The van der Waals surface area contributed by atoms with Gasteiger partial charge >= 0.3 is 6.36 Å². The smallest absolute Gasteiger partial charge is 0.406 e. The summed E-state index contributed by atoms with van der Waals surface area (Å²) in [7, 11) is -3.87. The van der Waals surface area contributed by atoms with Crippen molar-refractivity contribution < 1.29 is 35.9 Å². The number of rotatable bonds is 6. The summed E-state index contributed by atoms with van der Waals surface area (Å²) in [5, 5.41) is 2.43. The number of ether oxygens (including phenoxy) is 1. The van der Waals surface area contributed by atoms with Crippen molar-refractivity contribution >= 4 is 49.0 Å². The van der Waals surface area contributed by atoms with Gasteiger partial charge in [-0.2, -0.15) is 0 Å². The molecule has 0 saturated heterocycles. The maximum Gasteiger partial charge on any atom is 0.573 e. The maximum absolute atomic E-state index is 12.8. The molecule has 1 aliphatic heterocycles. The predicted octanol–water partition coefficient (Wildman–Crippen LogP) is 4.06. The van der Waals surface area contributed by atoms with E-state index >= 15 is 0 Å². The lowest BCUT2D eigenvalue weighted by Gasteiger charge is -2.16. The lowest BCUT2D eigenvalue weighted by Crippen LogP contribution is -2.26. The average molecular weight is 535 g/mol. The summed E-state index contributed by atoms with van der Waals surface area (Å²) in [5.74, 6) is -1.76. The normalized spacial score (nSPS) is 13.6. The maximum atomic E-state index is 12.8. The second kappa shape index (κ2) is 9.10. The first-order valence-corrected chi connectivity index (χ1v) is 11.8. The fraction of sp³-hybridized carbons (Fsp3) is 0.300. The Hall–Kier alpha value is -2.60. The Labute approximate surface area is 190 Å². The number of sulfone groups is 1. The highest BCUT2D eigenvalue weighted by atomic mass is 79.9. The third-order valence-corrected chi connectivity index (χ3v) is 7.38. The second-order valence-electron chi connectivity index (χ2n) is 7.02. The zero-order valence-corrected chi connectivity index (χ0v) is 19.1. The van der Waals surface area contributed by atoms with Gasteiger partial charge < -0.3 is 15.0 Å². The largest absolute Gasteiger partial charge is 0.573 e. The van der Waals surface area contributed by atoms with Gasteiger partial charge in [0.2, 0.25) is 11.8 Å². The van der Waals surface area contributed by atoms with Gasteiger partial charge in [0.1, 0.15) is 5.75 Å². The molecule has 0 aliphatic carbocycles. The van der Waals surface area contributed by atoms with E-state index in [1.165, 1.54) is 30.0 Å². The van der Waals surface area contributed by atoms with E-state index in [1.54, 1.807) is 6.07 Å². The quantitative estimate of drug-likeness (QED) is 0.603. The summed E-state index contributed by atoms with van der Waals surface area (Å²) in [6, 6.07) is 7.57. The molecule has 2 amide bonds. The highest BCUT2D eigenvalue weighted by Crippen LogP contribution is 2.36. The Kier molecular flexibility index (Phi) is 6.84. The number of alkyl halides is 3. The summed E-state index contributed by atoms with van der Waals surface area (Å²) < 4.78 is 66.3. The summed E-state index contributed by atoms with van der Waals surface area (Å²) in [4.78, 5) is 25.4. The fourth-order valence-corrected chi connectivity index (χ4v) is 5.71. The fourth-order valence-electron chi connectivity index (χ4n) is 3.25. The lowest BCUT2D eigenvalue weighted by atomic mass is 10.2. The van der Waals surface area contributed by atoms with Crippen LogP contribution in [0.5, 0.6) is 5.75 Å². The zero-order valence-electron chi connectivity index (χ0n) is 16.7. The molecule has 0 fully saturated rings. The molecular weight excluding hydrogens is 517 g/mol. The van der Waals surface area contributed by atoms with Crippen molar-refractivity contribution in [3.63, 3.8) is 0 Å². The number of carbonyl (C=O) groups is 2. The molecule has 1 N–H and O–H groups in total. The number of fused-ring (bicyclic) bond motifs is 1. The molecule has 172 valence electrons. The van der Waals surface area contributed by atoms with E-state index < -0.39 is 33.6 Å². The first-order valence-electron chi connectivity index (χ1n) is 9.35. The predicted molar refractivity (Wildman–Crippen MR) is 114 cm³/mol. The molecule has 0 spiro atoms. The molecule has 1 aliphatic rings. The van der Waals surface area contributed by atoms with Crippen molar-refractivity contribution in [3.05, 3.63) is 46.4 Å². The summed E-state index contributed by atoms with van der Waals surface area (Å²) in [6.07, 6.45) is -4.58. The molecule has 0 bridgehead atoms. The van der Waals surface area contributed by atoms with Crippen molar-refractivity contribution in [2.24, 2.45) is 0 Å². The van der Waals surface area contributed by atoms with E-state index in [2.05, 4.69) is 26.0 Å². The van der Waals surface area contributed by atoms with Gasteiger partial charge in [0.25, 0.3) is 0 Å². The van der Waals surface area contributed by atoms with Gasteiger partial charge in [0.15, 0.2) is 9.84 Å². The van der Waals surface area contributed by atoms with Gasteiger partial charge in [-0.25, -0.2) is 8.42 Å². The van der Waals surface area contributed by atoms with Gasteiger partial charge in [-0.15, -0.1) is 13.2 Å². The number of nitrogens with zero attached hydrogens (tertiary/aromatic N) is 1. The van der Waals surface area contributed by atoms with E-state index in [-0.39, 0.29) is 22.9 Å². The van der Waals surface area contributed by atoms with Crippen LogP contribution in [-0.2, 0) is 25.8 Å². The van der Waals surface area contributed by atoms with Crippen molar-refractivity contribution in [1.82, 2.24) is 0 Å². The molecule has 0 atom stereocenters. The molecule has 12 heteroatoms. The molecule has 32 heavy (non-hydrogen) atoms. The average Bonchev–Trinajstić information content (AvgIpc) is 3.09. The van der Waals surface area contributed by atoms with Crippen LogP contribution in [0, 0.1) is 0 Å². The van der Waals surface area contributed by atoms with Crippen LogP contribution in [0.4, 0.5) is 24.5 Å². The van der Waals surface area contributed by atoms with Crippen LogP contribution in [-0.4, -0.2) is 38.9 Å². The van der Waals surface area contributed by atoms with Crippen molar-refractivity contribution in [3.8, 4) is 5.75 Å². The Morgan fingerprint density at radius 1 is 1.19 bits per heavy atom. The Morgan fingerprint density at radius 2 is 1.84 bits per heavy atom. The lowest BCUT2D eigenvalue weighted by molar-refractivity contribution is -0.274. The van der Waals surface area contributed by atoms with Crippen LogP contribution in [0.15, 0.2) is 45.8 Å². The number of anilines is 2. The topological polar surface area (TPSA) is 92.8 Å². The van der Waals surface area contributed by atoms with Crippen molar-refractivity contribution in [2.75, 3.05) is 22.5 Å². The Morgan fingerprint density at radius 3 is 2.44 bits per heavy atom. The van der Waals surface area contributed by atoms with Crippen LogP contribution < -0.4 is 15.0 Å². The van der Waals surface area contributed by atoms with Crippen LogP contribution in [0.2, 0.25) is 0 Å². The van der Waals surface area contributed by atoms with Crippen LogP contribution in [0.3, 0.4) is 0 Å². The number of benzene rings is 2. The van der Waals surface area contributed by atoms with Gasteiger partial charge in [-0.3, -0.25) is 9.59 Å². The number of carbonyl (C=O) groups excluding carboxylic acids is 2. The number of halogens is 4. The van der Waals surface area contributed by atoms with E-state index in [0.717, 1.165) is 17.7 Å². The minimum atomic E-state index is -4.83. The van der Waals surface area contributed by atoms with Crippen LogP contribution in [0.1, 0.15) is 18.9 Å². The highest BCUT2D eigenvalue weighted by molar-refractivity contribution is 9.10. The van der Waals surface area contributed by atoms with Gasteiger partial charge in [0, 0.05) is 35.7 Å². The standard InChI is InChI=1S/C20H18BrF3N2O5S/c1-12(27)26-8-6-13-10-16(21)18(11-17(13)26)32(29,30)9-7-19(28)25-14-2-4-15(5-3-14)31-20(22,23)24/h2-5,10-11H,6-9H2,1H3,(H,25,28). The molecule has 2 aromatic carbocycles. The summed E-state index contributed by atoms with van der Waals surface area (Å²) >= 11 is 3.26. The molecule has 0 unspecified atom stereocenters. The molecule has 2 aromatic rings. The van der Waals surface area contributed by atoms with Gasteiger partial charge in [0.05, 0.1) is 10.6 Å². The van der Waals surface area contributed by atoms with E-state index in [1.807, 2.05) is 0 Å². The number of amides is 2. The summed E-state index contributed by atoms with van der Waals surface area (Å²) in [5.41, 5.74) is 1.57. The molecule has 0 radical (unpaired) electrons. The third-order valence-electron chi connectivity index (χ3n) is 4.71. The van der Waals surface area contributed by atoms with Crippen molar-refractivity contribution in [2.45, 2.75) is 31.0 Å². The Balaban J connectivity index is 1.66.